The molecule has 1 fully saturated rings. The zero-order valence-corrected chi connectivity index (χ0v) is 21.6. The van der Waals surface area contributed by atoms with Gasteiger partial charge in [-0.05, 0) is 35.4 Å². The highest BCUT2D eigenvalue weighted by atomic mass is 16.7. The summed E-state index contributed by atoms with van der Waals surface area (Å²) in [6.45, 7) is 2.92. The number of tetrazole rings is 1. The summed E-state index contributed by atoms with van der Waals surface area (Å²) in [4.78, 5) is 28.9. The molecule has 0 bridgehead atoms. The zero-order valence-electron chi connectivity index (χ0n) is 21.6. The molecule has 5 rings (SSSR count). The van der Waals surface area contributed by atoms with Crippen LogP contribution in [0, 0.1) is 5.92 Å². The van der Waals surface area contributed by atoms with Gasteiger partial charge in [0.15, 0.2) is 17.8 Å². The predicted molar refractivity (Wildman–Crippen MR) is 135 cm³/mol. The Balaban J connectivity index is 1.54. The minimum atomic E-state index is -0.987. The highest BCUT2D eigenvalue weighted by Gasteiger charge is 2.49. The third kappa shape index (κ3) is 5.58. The number of nitrogens with one attached hydrogen (secondary N) is 1. The van der Waals surface area contributed by atoms with Gasteiger partial charge in [0, 0.05) is 30.6 Å². The number of carboxylic acids is 1. The number of aromatic nitrogens is 4. The molecule has 3 heterocycles. The molecule has 3 unspecified atom stereocenters. The number of aliphatic carboxylic acids is 1. The summed E-state index contributed by atoms with van der Waals surface area (Å²) in [5.41, 5.74) is 1.39. The molecule has 3 aromatic rings. The van der Waals surface area contributed by atoms with Crippen molar-refractivity contribution in [1.29, 1.82) is 0 Å². The highest BCUT2D eigenvalue weighted by molar-refractivity contribution is 5.79. The molecule has 2 aromatic carbocycles. The highest BCUT2D eigenvalue weighted by Crippen LogP contribution is 2.49. The van der Waals surface area contributed by atoms with E-state index in [1.54, 1.807) is 24.3 Å². The Kier molecular flexibility index (Phi) is 7.77. The van der Waals surface area contributed by atoms with Crippen LogP contribution in [0.3, 0.4) is 0 Å². The number of carbonyl (C=O) groups is 2. The topological polar surface area (TPSA) is 150 Å². The Morgan fingerprint density at radius 1 is 1.18 bits per heavy atom. The molecule has 1 aromatic heterocycles. The third-order valence-electron chi connectivity index (χ3n) is 6.89. The molecule has 13 nitrogen and oxygen atoms in total. The number of rotatable bonds is 11. The molecular weight excluding hydrogens is 508 g/mol. The lowest BCUT2D eigenvalue weighted by atomic mass is 9.82. The van der Waals surface area contributed by atoms with E-state index < -0.39 is 23.8 Å². The molecule has 206 valence electrons. The van der Waals surface area contributed by atoms with Crippen molar-refractivity contribution in [3.8, 4) is 23.0 Å². The van der Waals surface area contributed by atoms with Crippen LogP contribution in [0.5, 0.6) is 23.0 Å². The number of carbonyl (C=O) groups excluding carboxylic acids is 1. The average molecular weight is 539 g/mol. The fraction of sp³-hybridized carbons (Fsp3) is 0.423. The van der Waals surface area contributed by atoms with Gasteiger partial charge in [-0.1, -0.05) is 19.1 Å². The monoisotopic (exact) mass is 538 g/mol. The van der Waals surface area contributed by atoms with Crippen molar-refractivity contribution in [2.45, 2.75) is 32.0 Å². The smallest absolute Gasteiger partial charge is 0.309 e. The van der Waals surface area contributed by atoms with Crippen molar-refractivity contribution in [1.82, 2.24) is 30.4 Å². The number of amides is 1. The van der Waals surface area contributed by atoms with Crippen LogP contribution in [0.1, 0.15) is 36.4 Å². The molecule has 3 atom stereocenters. The number of nitrogens with zero attached hydrogens (tertiary/aromatic N) is 5. The second-order valence-corrected chi connectivity index (χ2v) is 9.29. The minimum Gasteiger partial charge on any atom is -0.497 e. The number of hydrogen-bond donors (Lipinski definition) is 2. The van der Waals surface area contributed by atoms with Crippen LogP contribution in [0.2, 0.25) is 0 Å². The summed E-state index contributed by atoms with van der Waals surface area (Å²) in [6, 6.07) is 10.00. The fourth-order valence-electron chi connectivity index (χ4n) is 5.13. The molecule has 2 aliphatic heterocycles. The molecule has 0 radical (unpaired) electrons. The van der Waals surface area contributed by atoms with E-state index in [0.29, 0.717) is 41.7 Å². The Bertz CT molecular complexity index is 1320. The summed E-state index contributed by atoms with van der Waals surface area (Å²) in [5, 5.41) is 24.9. The lowest BCUT2D eigenvalue weighted by Gasteiger charge is -2.28. The molecule has 0 saturated carbocycles. The van der Waals surface area contributed by atoms with E-state index in [1.807, 2.05) is 24.0 Å². The molecular formula is C26H30N6O7. The molecule has 2 aliphatic rings. The van der Waals surface area contributed by atoms with E-state index >= 15 is 0 Å². The molecule has 0 aliphatic carbocycles. The van der Waals surface area contributed by atoms with Crippen LogP contribution in [0.25, 0.3) is 0 Å². The van der Waals surface area contributed by atoms with Crippen molar-refractivity contribution in [3.63, 3.8) is 0 Å². The van der Waals surface area contributed by atoms with Gasteiger partial charge in [-0.3, -0.25) is 14.5 Å². The van der Waals surface area contributed by atoms with Gasteiger partial charge in [-0.2, -0.15) is 0 Å². The lowest BCUT2D eigenvalue weighted by Crippen LogP contribution is -2.38. The first-order valence-electron chi connectivity index (χ1n) is 12.6. The van der Waals surface area contributed by atoms with Crippen LogP contribution >= 0.6 is 0 Å². The van der Waals surface area contributed by atoms with Crippen LogP contribution < -0.4 is 24.3 Å². The number of fused-ring (bicyclic) bond motifs is 1. The summed E-state index contributed by atoms with van der Waals surface area (Å²) >= 11 is 0. The van der Waals surface area contributed by atoms with Crippen LogP contribution in [0.15, 0.2) is 42.7 Å². The second kappa shape index (κ2) is 11.6. The number of hydrogen-bond acceptors (Lipinski definition) is 10. The van der Waals surface area contributed by atoms with E-state index in [9.17, 15) is 14.7 Å². The summed E-state index contributed by atoms with van der Waals surface area (Å²) in [5.74, 6) is -0.390. The molecule has 13 heteroatoms. The number of benzene rings is 2. The average Bonchev–Trinajstić information content (AvgIpc) is 3.70. The fourth-order valence-corrected chi connectivity index (χ4v) is 5.13. The zero-order chi connectivity index (χ0) is 27.4. The number of ether oxygens (including phenoxy) is 4. The van der Waals surface area contributed by atoms with E-state index in [2.05, 4.69) is 20.7 Å². The summed E-state index contributed by atoms with van der Waals surface area (Å²) in [7, 11) is 1.54. The molecule has 1 amide bonds. The van der Waals surface area contributed by atoms with Crippen LogP contribution in [0.4, 0.5) is 0 Å². The van der Waals surface area contributed by atoms with Crippen molar-refractivity contribution in [2.75, 3.05) is 33.5 Å². The summed E-state index contributed by atoms with van der Waals surface area (Å²) in [6.07, 6.45) is 2.08. The third-order valence-corrected chi connectivity index (χ3v) is 6.89. The van der Waals surface area contributed by atoms with Gasteiger partial charge in [0.1, 0.15) is 11.5 Å². The Labute approximate surface area is 224 Å². The first kappa shape index (κ1) is 26.2. The van der Waals surface area contributed by atoms with Crippen molar-refractivity contribution in [2.24, 2.45) is 5.92 Å². The first-order chi connectivity index (χ1) is 19.0. The SMILES string of the molecule is CCCNC(=O)CN1CC(c2ccc3c(c2)OCO3)C(C(=O)O)C1c1ccc(OC)cc1OCn1ncnn1. The Morgan fingerprint density at radius 2 is 2.03 bits per heavy atom. The summed E-state index contributed by atoms with van der Waals surface area (Å²) < 4.78 is 22.4. The normalized spacial score (nSPS) is 20.1. The molecule has 39 heavy (non-hydrogen) atoms. The van der Waals surface area contributed by atoms with Gasteiger partial charge in [0.25, 0.3) is 0 Å². The van der Waals surface area contributed by atoms with Gasteiger partial charge in [-0.15, -0.1) is 15.0 Å². The number of methoxy groups -OCH3 is 1. The number of carboxylic acid groups (broad SMARTS) is 1. The van der Waals surface area contributed by atoms with Gasteiger partial charge in [0.2, 0.25) is 19.4 Å². The van der Waals surface area contributed by atoms with Crippen LogP contribution in [-0.4, -0.2) is 75.6 Å². The molecule has 0 spiro atoms. The molecule has 1 saturated heterocycles. The van der Waals surface area contributed by atoms with Crippen molar-refractivity contribution >= 4 is 11.9 Å². The molecule has 2 N–H and O–H groups in total. The van der Waals surface area contributed by atoms with Crippen LogP contribution in [-0.2, 0) is 16.3 Å². The van der Waals surface area contributed by atoms with Gasteiger partial charge in [0.05, 0.1) is 25.6 Å². The van der Waals surface area contributed by atoms with Gasteiger partial charge in [-0.25, -0.2) is 0 Å². The van der Waals surface area contributed by atoms with E-state index in [-0.39, 0.29) is 26.0 Å². The Hall–Kier alpha value is -4.39. The first-order valence-corrected chi connectivity index (χ1v) is 12.6. The van der Waals surface area contributed by atoms with E-state index in [4.69, 9.17) is 18.9 Å². The van der Waals surface area contributed by atoms with E-state index in [1.165, 1.54) is 18.2 Å². The number of likely N-dealkylation sites (tertiary alicyclic amines) is 1. The quantitative estimate of drug-likeness (QED) is 0.368. The second-order valence-electron chi connectivity index (χ2n) is 9.29. The van der Waals surface area contributed by atoms with E-state index in [0.717, 1.165) is 12.0 Å². The van der Waals surface area contributed by atoms with Gasteiger partial charge >= 0.3 is 5.97 Å². The van der Waals surface area contributed by atoms with Crippen molar-refractivity contribution < 1.29 is 33.6 Å². The lowest BCUT2D eigenvalue weighted by molar-refractivity contribution is -0.143. The maximum atomic E-state index is 12.9. The van der Waals surface area contributed by atoms with Crippen molar-refractivity contribution in [3.05, 3.63) is 53.9 Å². The standard InChI is InChI=1S/C26H30N6O7/c1-3-8-27-23(33)12-31-11-19(16-4-7-20-22(9-16)39-15-38-20)24(26(34)35)25(31)18-6-5-17(36-2)10-21(18)37-14-32-29-13-28-30-32/h4-7,9-10,13,19,24-25H,3,8,11-12,14-15H2,1-2H3,(H,27,33)(H,34,35). The Morgan fingerprint density at radius 3 is 2.77 bits per heavy atom. The maximum absolute atomic E-state index is 12.9. The maximum Gasteiger partial charge on any atom is 0.309 e. The minimum absolute atomic E-state index is 0.0194. The van der Waals surface area contributed by atoms with Gasteiger partial charge < -0.3 is 29.4 Å². The predicted octanol–water partition coefficient (Wildman–Crippen LogP) is 1.81. The largest absolute Gasteiger partial charge is 0.497 e.